The number of nitrogens with one attached hydrogen (secondary N) is 2. The first-order chi connectivity index (χ1) is 14.3. The number of imidazole rings is 1. The second-order valence-electron chi connectivity index (χ2n) is 7.70. The zero-order chi connectivity index (χ0) is 19.6. The van der Waals surface area contributed by atoms with Crippen LogP contribution in [0.2, 0.25) is 0 Å². The number of benzene rings is 2. The zero-order valence-corrected chi connectivity index (χ0v) is 16.1. The molecule has 0 radical (unpaired) electrons. The number of hydrogen-bond acceptors (Lipinski definition) is 3. The van der Waals surface area contributed by atoms with E-state index in [-0.39, 0.29) is 11.8 Å². The first-order valence-corrected chi connectivity index (χ1v) is 10.1. The molecule has 2 aromatic heterocycles. The Kier molecular flexibility index (Phi) is 4.60. The maximum atomic E-state index is 13.1. The molecule has 6 nitrogen and oxygen atoms in total. The second kappa shape index (κ2) is 7.54. The van der Waals surface area contributed by atoms with E-state index < -0.39 is 0 Å². The van der Waals surface area contributed by atoms with Crippen molar-refractivity contribution in [3.05, 3.63) is 83.4 Å². The van der Waals surface area contributed by atoms with Gasteiger partial charge in [0.15, 0.2) is 0 Å². The minimum Gasteiger partial charge on any atom is -0.345 e. The molecule has 1 aliphatic rings. The predicted molar refractivity (Wildman–Crippen MR) is 112 cm³/mol. The molecule has 1 aliphatic heterocycles. The molecule has 0 unspecified atom stereocenters. The zero-order valence-electron chi connectivity index (χ0n) is 16.1. The highest BCUT2D eigenvalue weighted by Crippen LogP contribution is 2.30. The van der Waals surface area contributed by atoms with Crippen LogP contribution in [0.1, 0.15) is 45.9 Å². The van der Waals surface area contributed by atoms with E-state index in [2.05, 4.69) is 44.4 Å². The van der Waals surface area contributed by atoms with Crippen LogP contribution in [0.25, 0.3) is 11.0 Å². The largest absolute Gasteiger partial charge is 0.345 e. The van der Waals surface area contributed by atoms with Crippen molar-refractivity contribution >= 4 is 16.9 Å². The molecule has 0 saturated carbocycles. The SMILES string of the molecule is O=C(c1ccc2nc[nH]c2c1)N1CCC[C@@H](c2[nH]ncc2Cc2ccccc2)C1. The van der Waals surface area contributed by atoms with Crippen molar-refractivity contribution in [1.29, 1.82) is 0 Å². The number of amides is 1. The van der Waals surface area contributed by atoms with Crippen molar-refractivity contribution in [2.45, 2.75) is 25.2 Å². The Labute approximate surface area is 169 Å². The highest BCUT2D eigenvalue weighted by Gasteiger charge is 2.28. The fourth-order valence-electron chi connectivity index (χ4n) is 4.28. The third-order valence-corrected chi connectivity index (χ3v) is 5.77. The summed E-state index contributed by atoms with van der Waals surface area (Å²) in [6.07, 6.45) is 6.49. The molecule has 3 heterocycles. The molecule has 6 heteroatoms. The molecule has 0 bridgehead atoms. The van der Waals surface area contributed by atoms with Crippen LogP contribution in [0.15, 0.2) is 61.1 Å². The molecule has 0 aliphatic carbocycles. The van der Waals surface area contributed by atoms with Crippen molar-refractivity contribution in [1.82, 2.24) is 25.1 Å². The van der Waals surface area contributed by atoms with Crippen LogP contribution in [0, 0.1) is 0 Å². The van der Waals surface area contributed by atoms with Crippen LogP contribution >= 0.6 is 0 Å². The van der Waals surface area contributed by atoms with Gasteiger partial charge in [0.1, 0.15) is 0 Å². The van der Waals surface area contributed by atoms with Gasteiger partial charge in [0.25, 0.3) is 5.91 Å². The lowest BCUT2D eigenvalue weighted by Gasteiger charge is -2.33. The van der Waals surface area contributed by atoms with Gasteiger partial charge in [0, 0.05) is 36.7 Å². The summed E-state index contributed by atoms with van der Waals surface area (Å²) in [4.78, 5) is 22.4. The first-order valence-electron chi connectivity index (χ1n) is 10.1. The number of rotatable bonds is 4. The normalized spacial score (nSPS) is 17.0. The Morgan fingerprint density at radius 3 is 2.97 bits per heavy atom. The van der Waals surface area contributed by atoms with Crippen LogP contribution in [0.4, 0.5) is 0 Å². The van der Waals surface area contributed by atoms with E-state index in [1.54, 1.807) is 6.33 Å². The quantitative estimate of drug-likeness (QED) is 0.559. The average Bonchev–Trinajstić information content (AvgIpc) is 3.43. The predicted octanol–water partition coefficient (Wildman–Crippen LogP) is 3.90. The molecule has 1 fully saturated rings. The maximum absolute atomic E-state index is 13.1. The van der Waals surface area contributed by atoms with E-state index in [9.17, 15) is 4.79 Å². The average molecular weight is 385 g/mol. The second-order valence-corrected chi connectivity index (χ2v) is 7.70. The van der Waals surface area contributed by atoms with Gasteiger partial charge >= 0.3 is 0 Å². The van der Waals surface area contributed by atoms with E-state index >= 15 is 0 Å². The van der Waals surface area contributed by atoms with Crippen LogP contribution in [0.3, 0.4) is 0 Å². The Morgan fingerprint density at radius 1 is 1.17 bits per heavy atom. The fourth-order valence-corrected chi connectivity index (χ4v) is 4.28. The first kappa shape index (κ1) is 17.7. The molecule has 1 atom stereocenters. The smallest absolute Gasteiger partial charge is 0.253 e. The molecular formula is C23H23N5O. The third kappa shape index (κ3) is 3.53. The van der Waals surface area contributed by atoms with Crippen molar-refractivity contribution in [2.75, 3.05) is 13.1 Å². The summed E-state index contributed by atoms with van der Waals surface area (Å²) >= 11 is 0. The Balaban J connectivity index is 1.34. The van der Waals surface area contributed by atoms with Gasteiger partial charge in [-0.1, -0.05) is 30.3 Å². The van der Waals surface area contributed by atoms with E-state index in [0.29, 0.717) is 12.1 Å². The van der Waals surface area contributed by atoms with E-state index in [0.717, 1.165) is 42.5 Å². The molecule has 2 aromatic carbocycles. The summed E-state index contributed by atoms with van der Waals surface area (Å²) < 4.78 is 0. The molecule has 2 N–H and O–H groups in total. The molecule has 1 amide bonds. The number of hydrogen-bond donors (Lipinski definition) is 2. The topological polar surface area (TPSA) is 77.7 Å². The third-order valence-electron chi connectivity index (χ3n) is 5.77. The highest BCUT2D eigenvalue weighted by molar-refractivity contribution is 5.97. The molecular weight excluding hydrogens is 362 g/mol. The fraction of sp³-hybridized carbons (Fsp3) is 0.261. The van der Waals surface area contributed by atoms with Crippen LogP contribution in [0.5, 0.6) is 0 Å². The highest BCUT2D eigenvalue weighted by atomic mass is 16.2. The van der Waals surface area contributed by atoms with Crippen LogP contribution < -0.4 is 0 Å². The standard InChI is InChI=1S/C23H23N5O/c29-23(17-8-9-20-21(12-17)25-15-24-20)28-10-4-7-18(14-28)22-19(13-26-27-22)11-16-5-2-1-3-6-16/h1-3,5-6,8-9,12-13,15,18H,4,7,10-11,14H2,(H,24,25)(H,26,27)/t18-/m1/s1. The van der Waals surface area contributed by atoms with Gasteiger partial charge in [-0.3, -0.25) is 9.89 Å². The number of aromatic amines is 2. The van der Waals surface area contributed by atoms with Crippen molar-refractivity contribution in [3.63, 3.8) is 0 Å². The summed E-state index contributed by atoms with van der Waals surface area (Å²) in [5, 5.41) is 7.52. The van der Waals surface area contributed by atoms with Gasteiger partial charge in [-0.25, -0.2) is 4.98 Å². The number of aromatic nitrogens is 4. The van der Waals surface area contributed by atoms with Gasteiger partial charge in [-0.2, -0.15) is 5.10 Å². The number of H-pyrrole nitrogens is 2. The monoisotopic (exact) mass is 385 g/mol. The summed E-state index contributed by atoms with van der Waals surface area (Å²) in [6, 6.07) is 16.1. The number of carbonyl (C=O) groups is 1. The maximum Gasteiger partial charge on any atom is 0.253 e. The Hall–Kier alpha value is -3.41. The molecule has 0 spiro atoms. The Morgan fingerprint density at radius 2 is 2.07 bits per heavy atom. The van der Waals surface area contributed by atoms with Gasteiger partial charge < -0.3 is 9.88 Å². The van der Waals surface area contributed by atoms with Crippen molar-refractivity contribution in [2.24, 2.45) is 0 Å². The van der Waals surface area contributed by atoms with E-state index in [1.165, 1.54) is 11.1 Å². The van der Waals surface area contributed by atoms with Gasteiger partial charge in [0.05, 0.1) is 23.6 Å². The summed E-state index contributed by atoms with van der Waals surface area (Å²) in [5.74, 6) is 0.361. The van der Waals surface area contributed by atoms with E-state index in [1.807, 2.05) is 35.4 Å². The van der Waals surface area contributed by atoms with Crippen LogP contribution in [-0.4, -0.2) is 44.1 Å². The molecule has 4 aromatic rings. The number of piperidine rings is 1. The number of fused-ring (bicyclic) bond motifs is 1. The van der Waals surface area contributed by atoms with Gasteiger partial charge in [-0.15, -0.1) is 0 Å². The number of carbonyl (C=O) groups excluding carboxylic acids is 1. The molecule has 1 saturated heterocycles. The minimum absolute atomic E-state index is 0.0790. The number of likely N-dealkylation sites (tertiary alicyclic amines) is 1. The number of nitrogens with zero attached hydrogens (tertiary/aromatic N) is 3. The molecule has 29 heavy (non-hydrogen) atoms. The lowest BCUT2D eigenvalue weighted by molar-refractivity contribution is 0.0705. The lowest BCUT2D eigenvalue weighted by Crippen LogP contribution is -2.39. The van der Waals surface area contributed by atoms with Gasteiger partial charge in [0.2, 0.25) is 0 Å². The Bertz CT molecular complexity index is 1130. The van der Waals surface area contributed by atoms with Gasteiger partial charge in [-0.05, 0) is 42.2 Å². The lowest BCUT2D eigenvalue weighted by atomic mass is 9.90. The van der Waals surface area contributed by atoms with E-state index in [4.69, 9.17) is 0 Å². The summed E-state index contributed by atoms with van der Waals surface area (Å²) in [6.45, 7) is 1.50. The molecule has 5 rings (SSSR count). The summed E-state index contributed by atoms with van der Waals surface area (Å²) in [7, 11) is 0. The van der Waals surface area contributed by atoms with Crippen molar-refractivity contribution in [3.8, 4) is 0 Å². The molecule has 146 valence electrons. The summed E-state index contributed by atoms with van der Waals surface area (Å²) in [5.41, 5.74) is 6.12. The van der Waals surface area contributed by atoms with Crippen LogP contribution in [-0.2, 0) is 6.42 Å². The van der Waals surface area contributed by atoms with Crippen molar-refractivity contribution < 1.29 is 4.79 Å². The minimum atomic E-state index is 0.0790.